The third kappa shape index (κ3) is 3.14. The van der Waals surface area contributed by atoms with E-state index in [0.29, 0.717) is 37.5 Å². The lowest BCUT2D eigenvalue weighted by molar-refractivity contribution is 0.212. The zero-order valence-electron chi connectivity index (χ0n) is 12.7. The van der Waals surface area contributed by atoms with Crippen LogP contribution in [0.2, 0.25) is 0 Å². The van der Waals surface area contributed by atoms with Crippen LogP contribution in [0.25, 0.3) is 0 Å². The number of sulfonamides is 1. The van der Waals surface area contributed by atoms with Crippen molar-refractivity contribution >= 4 is 10.0 Å². The molecule has 6 nitrogen and oxygen atoms in total. The molecule has 2 aliphatic rings. The minimum Gasteiger partial charge on any atom is -0.310 e. The molecule has 3 rings (SSSR count). The van der Waals surface area contributed by atoms with Crippen molar-refractivity contribution in [2.24, 2.45) is 11.8 Å². The Bertz CT molecular complexity index is 594. The zero-order valence-corrected chi connectivity index (χ0v) is 13.5. The molecular weight excluding hydrogens is 288 g/mol. The molecule has 1 saturated heterocycles. The maximum Gasteiger partial charge on any atom is 0.260 e. The van der Waals surface area contributed by atoms with Crippen LogP contribution in [0.3, 0.4) is 0 Å². The second-order valence-corrected chi connectivity index (χ2v) is 8.36. The number of rotatable bonds is 5. The molecule has 1 aromatic heterocycles. The van der Waals surface area contributed by atoms with Gasteiger partial charge in [0.05, 0.1) is 6.20 Å². The van der Waals surface area contributed by atoms with Gasteiger partial charge in [0.15, 0.2) is 5.03 Å². The first-order valence-corrected chi connectivity index (χ1v) is 9.18. The highest BCUT2D eigenvalue weighted by Gasteiger charge is 2.34. The van der Waals surface area contributed by atoms with Crippen molar-refractivity contribution in [1.29, 1.82) is 0 Å². The number of aromatic nitrogens is 2. The van der Waals surface area contributed by atoms with Crippen LogP contribution in [-0.4, -0.2) is 42.1 Å². The van der Waals surface area contributed by atoms with Crippen molar-refractivity contribution in [3.05, 3.63) is 11.8 Å². The molecule has 2 heterocycles. The predicted molar refractivity (Wildman–Crippen MR) is 80.2 cm³/mol. The fourth-order valence-corrected chi connectivity index (χ4v) is 4.42. The van der Waals surface area contributed by atoms with Gasteiger partial charge >= 0.3 is 0 Å². The summed E-state index contributed by atoms with van der Waals surface area (Å²) in [5.74, 6) is 0.971. The smallest absolute Gasteiger partial charge is 0.260 e. The average molecular weight is 312 g/mol. The zero-order chi connectivity index (χ0) is 15.0. The Labute approximate surface area is 126 Å². The summed E-state index contributed by atoms with van der Waals surface area (Å²) in [5.41, 5.74) is 0.744. The minimum absolute atomic E-state index is 0.261. The quantitative estimate of drug-likeness (QED) is 0.860. The summed E-state index contributed by atoms with van der Waals surface area (Å²) in [6, 6.07) is 0.548. The van der Waals surface area contributed by atoms with Gasteiger partial charge in [-0.25, -0.2) is 8.42 Å². The topological polar surface area (TPSA) is 78.1 Å². The monoisotopic (exact) mass is 312 g/mol. The first-order valence-electron chi connectivity index (χ1n) is 7.74. The number of hydrogen-bond donors (Lipinski definition) is 2. The highest BCUT2D eigenvalue weighted by atomic mass is 32.2. The van der Waals surface area contributed by atoms with Crippen molar-refractivity contribution in [2.75, 3.05) is 13.1 Å². The van der Waals surface area contributed by atoms with E-state index in [9.17, 15) is 8.42 Å². The summed E-state index contributed by atoms with van der Waals surface area (Å²) in [5, 5.41) is 10.2. The van der Waals surface area contributed by atoms with Gasteiger partial charge in [0, 0.05) is 31.2 Å². The van der Waals surface area contributed by atoms with Crippen LogP contribution in [0, 0.1) is 11.8 Å². The first kappa shape index (κ1) is 15.0. The fraction of sp³-hybridized carbons (Fsp3) is 0.786. The van der Waals surface area contributed by atoms with E-state index in [2.05, 4.69) is 29.4 Å². The number of H-pyrrole nitrogens is 1. The maximum atomic E-state index is 12.8. The number of nitrogens with zero attached hydrogens (tertiary/aromatic N) is 2. The van der Waals surface area contributed by atoms with Crippen LogP contribution in [0.15, 0.2) is 11.2 Å². The molecule has 7 heteroatoms. The standard InChI is InChI=1S/C14H24N4O2S/c1-10-5-6-18(9-11(10)2)21(19,20)14-12(8-16-17-14)7-15-13-3-4-13/h8,10-11,13,15H,3-7,9H2,1-2H3,(H,16,17). The minimum atomic E-state index is -3.46. The van der Waals surface area contributed by atoms with E-state index in [1.54, 1.807) is 10.5 Å². The number of aromatic amines is 1. The van der Waals surface area contributed by atoms with E-state index in [1.165, 1.54) is 12.8 Å². The largest absolute Gasteiger partial charge is 0.310 e. The lowest BCUT2D eigenvalue weighted by Crippen LogP contribution is -2.42. The summed E-state index contributed by atoms with van der Waals surface area (Å²) in [6.07, 6.45) is 4.91. The Balaban J connectivity index is 1.76. The van der Waals surface area contributed by atoms with Crippen molar-refractivity contribution in [1.82, 2.24) is 19.8 Å². The van der Waals surface area contributed by atoms with Gasteiger partial charge in [-0.15, -0.1) is 0 Å². The van der Waals surface area contributed by atoms with Gasteiger partial charge in [-0.1, -0.05) is 13.8 Å². The molecule has 2 fully saturated rings. The van der Waals surface area contributed by atoms with Gasteiger partial charge in [0.25, 0.3) is 10.0 Å². The average Bonchev–Trinajstić information content (AvgIpc) is 3.15. The Hall–Kier alpha value is -0.920. The molecule has 21 heavy (non-hydrogen) atoms. The molecule has 0 radical (unpaired) electrons. The third-order valence-corrected chi connectivity index (χ3v) is 6.61. The molecule has 0 spiro atoms. The van der Waals surface area contributed by atoms with Crippen LogP contribution >= 0.6 is 0 Å². The van der Waals surface area contributed by atoms with Crippen LogP contribution in [0.5, 0.6) is 0 Å². The molecule has 118 valence electrons. The van der Waals surface area contributed by atoms with E-state index in [4.69, 9.17) is 0 Å². The summed E-state index contributed by atoms with van der Waals surface area (Å²) in [7, 11) is -3.46. The third-order valence-electron chi connectivity index (χ3n) is 4.73. The molecule has 1 aliphatic heterocycles. The van der Waals surface area contributed by atoms with E-state index < -0.39 is 10.0 Å². The van der Waals surface area contributed by atoms with Gasteiger partial charge < -0.3 is 5.32 Å². The molecule has 2 N–H and O–H groups in total. The van der Waals surface area contributed by atoms with Crippen LogP contribution in [0.1, 0.15) is 38.7 Å². The lowest BCUT2D eigenvalue weighted by atomic mass is 9.90. The fourth-order valence-electron chi connectivity index (χ4n) is 2.76. The van der Waals surface area contributed by atoms with Crippen LogP contribution in [0.4, 0.5) is 0 Å². The van der Waals surface area contributed by atoms with E-state index in [1.807, 2.05) is 0 Å². The SMILES string of the molecule is CC1CCN(S(=O)(=O)c2[nH]ncc2CNC2CC2)CC1C. The van der Waals surface area contributed by atoms with E-state index >= 15 is 0 Å². The van der Waals surface area contributed by atoms with Gasteiger partial charge in [-0.3, -0.25) is 5.10 Å². The van der Waals surface area contributed by atoms with Crippen LogP contribution in [-0.2, 0) is 16.6 Å². The van der Waals surface area contributed by atoms with Gasteiger partial charge in [0.2, 0.25) is 0 Å². The summed E-state index contributed by atoms with van der Waals surface area (Å²) >= 11 is 0. The first-order chi connectivity index (χ1) is 9.98. The molecule has 0 amide bonds. The van der Waals surface area contributed by atoms with Gasteiger partial charge in [-0.2, -0.15) is 9.40 Å². The molecule has 2 unspecified atom stereocenters. The molecule has 0 aromatic carbocycles. The van der Waals surface area contributed by atoms with Crippen molar-refractivity contribution in [2.45, 2.75) is 50.7 Å². The van der Waals surface area contributed by atoms with Gasteiger partial charge in [0.1, 0.15) is 0 Å². The Morgan fingerprint density at radius 3 is 2.76 bits per heavy atom. The summed E-state index contributed by atoms with van der Waals surface area (Å²) in [4.78, 5) is 0. The molecule has 1 aromatic rings. The maximum absolute atomic E-state index is 12.8. The summed E-state index contributed by atoms with van der Waals surface area (Å²) in [6.45, 7) is 6.07. The molecular formula is C14H24N4O2S. The number of piperidine rings is 1. The highest BCUT2D eigenvalue weighted by Crippen LogP contribution is 2.28. The normalized spacial score (nSPS) is 27.9. The number of hydrogen-bond acceptors (Lipinski definition) is 4. The van der Waals surface area contributed by atoms with E-state index in [0.717, 1.165) is 12.0 Å². The van der Waals surface area contributed by atoms with Crippen molar-refractivity contribution in [3.8, 4) is 0 Å². The van der Waals surface area contributed by atoms with Crippen molar-refractivity contribution in [3.63, 3.8) is 0 Å². The molecule has 1 aliphatic carbocycles. The van der Waals surface area contributed by atoms with Gasteiger partial charge in [-0.05, 0) is 31.1 Å². The number of nitrogens with one attached hydrogen (secondary N) is 2. The second kappa shape index (κ2) is 5.70. The summed E-state index contributed by atoms with van der Waals surface area (Å²) < 4.78 is 27.2. The van der Waals surface area contributed by atoms with E-state index in [-0.39, 0.29) is 5.03 Å². The Morgan fingerprint density at radius 1 is 1.33 bits per heavy atom. The highest BCUT2D eigenvalue weighted by molar-refractivity contribution is 7.89. The second-order valence-electron chi connectivity index (χ2n) is 6.49. The lowest BCUT2D eigenvalue weighted by Gasteiger charge is -2.34. The molecule has 0 bridgehead atoms. The Morgan fingerprint density at radius 2 is 2.10 bits per heavy atom. The molecule has 1 saturated carbocycles. The van der Waals surface area contributed by atoms with Crippen LogP contribution < -0.4 is 5.32 Å². The molecule has 2 atom stereocenters. The Kier molecular flexibility index (Phi) is 4.07. The predicted octanol–water partition coefficient (Wildman–Crippen LogP) is 1.33. The van der Waals surface area contributed by atoms with Crippen molar-refractivity contribution < 1.29 is 8.42 Å².